The number of imidazole rings is 1. The van der Waals surface area contributed by atoms with Crippen molar-refractivity contribution in [2.24, 2.45) is 5.73 Å². The Hall–Kier alpha value is -1.61. The van der Waals surface area contributed by atoms with Gasteiger partial charge in [-0.3, -0.25) is 0 Å². The zero-order chi connectivity index (χ0) is 11.2. The second-order valence-corrected chi connectivity index (χ2v) is 3.83. The van der Waals surface area contributed by atoms with Gasteiger partial charge in [0.1, 0.15) is 0 Å². The molecule has 3 heteroatoms. The maximum atomic E-state index is 5.49. The molecule has 0 unspecified atom stereocenters. The van der Waals surface area contributed by atoms with E-state index in [4.69, 9.17) is 5.73 Å². The number of unbranched alkanes of at least 4 members (excludes halogenated alkanes) is 1. The minimum Gasteiger partial charge on any atom is -0.331 e. The van der Waals surface area contributed by atoms with Crippen molar-refractivity contribution >= 4 is 0 Å². The van der Waals surface area contributed by atoms with Crippen molar-refractivity contribution in [3.63, 3.8) is 0 Å². The molecule has 2 rings (SSSR count). The van der Waals surface area contributed by atoms with Crippen LogP contribution in [0.4, 0.5) is 0 Å². The van der Waals surface area contributed by atoms with Gasteiger partial charge in [0.25, 0.3) is 0 Å². The first-order chi connectivity index (χ1) is 7.92. The molecule has 1 aromatic carbocycles. The Morgan fingerprint density at radius 1 is 1.12 bits per heavy atom. The van der Waals surface area contributed by atoms with Crippen LogP contribution >= 0.6 is 0 Å². The molecule has 0 spiro atoms. The van der Waals surface area contributed by atoms with E-state index in [2.05, 4.69) is 21.7 Å². The van der Waals surface area contributed by atoms with Gasteiger partial charge in [-0.15, -0.1) is 0 Å². The number of nitrogens with two attached hydrogens (primary N) is 1. The first-order valence-corrected chi connectivity index (χ1v) is 5.67. The summed E-state index contributed by atoms with van der Waals surface area (Å²) in [6.45, 7) is 1.75. The Bertz CT molecular complexity index is 420. The van der Waals surface area contributed by atoms with E-state index >= 15 is 0 Å². The minimum atomic E-state index is 0.759. The van der Waals surface area contributed by atoms with Crippen LogP contribution in [0.2, 0.25) is 0 Å². The van der Waals surface area contributed by atoms with Crippen molar-refractivity contribution < 1.29 is 0 Å². The maximum absolute atomic E-state index is 5.49. The molecular formula is C13H17N3. The molecular weight excluding hydrogens is 198 g/mol. The minimum absolute atomic E-state index is 0.759. The van der Waals surface area contributed by atoms with Crippen LogP contribution in [0.1, 0.15) is 12.8 Å². The second-order valence-electron chi connectivity index (χ2n) is 3.83. The van der Waals surface area contributed by atoms with Gasteiger partial charge in [0.15, 0.2) is 0 Å². The summed E-state index contributed by atoms with van der Waals surface area (Å²) in [5.41, 5.74) is 7.89. The van der Waals surface area contributed by atoms with E-state index in [1.165, 1.54) is 11.3 Å². The van der Waals surface area contributed by atoms with E-state index < -0.39 is 0 Å². The Labute approximate surface area is 95.9 Å². The topological polar surface area (TPSA) is 43.8 Å². The number of benzene rings is 1. The van der Waals surface area contributed by atoms with Gasteiger partial charge < -0.3 is 10.3 Å². The SMILES string of the molecule is NCCCCn1cncc1-c1ccccc1. The fourth-order valence-corrected chi connectivity index (χ4v) is 1.77. The number of aryl methyl sites for hydroxylation is 1. The predicted octanol–water partition coefficient (Wildman–Crippen LogP) is 2.29. The van der Waals surface area contributed by atoms with Gasteiger partial charge >= 0.3 is 0 Å². The van der Waals surface area contributed by atoms with Crippen LogP contribution in [0.15, 0.2) is 42.9 Å². The van der Waals surface area contributed by atoms with Crippen molar-refractivity contribution in [3.05, 3.63) is 42.9 Å². The van der Waals surface area contributed by atoms with Gasteiger partial charge in [0.05, 0.1) is 18.2 Å². The summed E-state index contributed by atoms with van der Waals surface area (Å²) >= 11 is 0. The monoisotopic (exact) mass is 215 g/mol. The average molecular weight is 215 g/mol. The highest BCUT2D eigenvalue weighted by molar-refractivity contribution is 5.58. The molecule has 0 saturated carbocycles. The summed E-state index contributed by atoms with van der Waals surface area (Å²) in [6, 6.07) is 10.3. The van der Waals surface area contributed by atoms with Gasteiger partial charge in [-0.2, -0.15) is 0 Å². The van der Waals surface area contributed by atoms with Gasteiger partial charge in [-0.25, -0.2) is 4.98 Å². The predicted molar refractivity (Wildman–Crippen MR) is 66.0 cm³/mol. The lowest BCUT2D eigenvalue weighted by atomic mass is 10.1. The standard InChI is InChI=1S/C13H17N3/c14-8-4-5-9-16-11-15-10-13(16)12-6-2-1-3-7-12/h1-3,6-7,10-11H,4-5,8-9,14H2. The molecule has 1 aromatic heterocycles. The molecule has 0 fully saturated rings. The van der Waals surface area contributed by atoms with Crippen LogP contribution in [-0.4, -0.2) is 16.1 Å². The highest BCUT2D eigenvalue weighted by Crippen LogP contribution is 2.18. The third kappa shape index (κ3) is 2.49. The fourth-order valence-electron chi connectivity index (χ4n) is 1.77. The average Bonchev–Trinajstić information content (AvgIpc) is 2.79. The first kappa shape index (κ1) is 10.9. The Kier molecular flexibility index (Phi) is 3.72. The molecule has 0 atom stereocenters. The van der Waals surface area contributed by atoms with Crippen molar-refractivity contribution in [3.8, 4) is 11.3 Å². The number of nitrogens with zero attached hydrogens (tertiary/aromatic N) is 2. The molecule has 0 aliphatic carbocycles. The van der Waals surface area contributed by atoms with E-state index in [-0.39, 0.29) is 0 Å². The largest absolute Gasteiger partial charge is 0.331 e. The molecule has 0 saturated heterocycles. The molecule has 0 radical (unpaired) electrons. The van der Waals surface area contributed by atoms with Crippen molar-refractivity contribution in [1.29, 1.82) is 0 Å². The summed E-state index contributed by atoms with van der Waals surface area (Å²) in [7, 11) is 0. The summed E-state index contributed by atoms with van der Waals surface area (Å²) < 4.78 is 2.19. The Morgan fingerprint density at radius 3 is 2.69 bits per heavy atom. The fraction of sp³-hybridized carbons (Fsp3) is 0.308. The van der Waals surface area contributed by atoms with Crippen molar-refractivity contribution in [2.45, 2.75) is 19.4 Å². The first-order valence-electron chi connectivity index (χ1n) is 5.67. The number of aromatic nitrogens is 2. The smallest absolute Gasteiger partial charge is 0.0950 e. The Morgan fingerprint density at radius 2 is 1.94 bits per heavy atom. The lowest BCUT2D eigenvalue weighted by Gasteiger charge is -2.07. The third-order valence-electron chi connectivity index (χ3n) is 2.63. The molecule has 0 aliphatic heterocycles. The van der Waals surface area contributed by atoms with E-state index in [1.807, 2.05) is 30.7 Å². The van der Waals surface area contributed by atoms with Gasteiger partial charge in [-0.1, -0.05) is 30.3 Å². The molecule has 2 aromatic rings. The number of rotatable bonds is 5. The van der Waals surface area contributed by atoms with E-state index in [0.29, 0.717) is 0 Å². The normalized spacial score (nSPS) is 10.6. The van der Waals surface area contributed by atoms with E-state index in [1.54, 1.807) is 0 Å². The van der Waals surface area contributed by atoms with Gasteiger partial charge in [0.2, 0.25) is 0 Å². The summed E-state index contributed by atoms with van der Waals surface area (Å²) in [5.74, 6) is 0. The maximum Gasteiger partial charge on any atom is 0.0950 e. The lowest BCUT2D eigenvalue weighted by molar-refractivity contribution is 0.618. The number of hydrogen-bond acceptors (Lipinski definition) is 2. The van der Waals surface area contributed by atoms with Crippen LogP contribution in [0, 0.1) is 0 Å². The molecule has 84 valence electrons. The third-order valence-corrected chi connectivity index (χ3v) is 2.63. The summed E-state index contributed by atoms with van der Waals surface area (Å²) in [4.78, 5) is 4.21. The van der Waals surface area contributed by atoms with Crippen LogP contribution in [-0.2, 0) is 6.54 Å². The quantitative estimate of drug-likeness (QED) is 0.778. The van der Waals surface area contributed by atoms with Crippen molar-refractivity contribution in [1.82, 2.24) is 9.55 Å². The van der Waals surface area contributed by atoms with Crippen molar-refractivity contribution in [2.75, 3.05) is 6.54 Å². The van der Waals surface area contributed by atoms with E-state index in [9.17, 15) is 0 Å². The molecule has 3 nitrogen and oxygen atoms in total. The zero-order valence-electron chi connectivity index (χ0n) is 9.34. The van der Waals surface area contributed by atoms with Gasteiger partial charge in [-0.05, 0) is 24.9 Å². The Balaban J connectivity index is 2.13. The summed E-state index contributed by atoms with van der Waals surface area (Å²) in [6.07, 6.45) is 5.97. The molecule has 16 heavy (non-hydrogen) atoms. The van der Waals surface area contributed by atoms with Crippen LogP contribution in [0.25, 0.3) is 11.3 Å². The molecule has 1 heterocycles. The summed E-state index contributed by atoms with van der Waals surface area (Å²) in [5, 5.41) is 0. The highest BCUT2D eigenvalue weighted by Gasteiger charge is 2.03. The zero-order valence-corrected chi connectivity index (χ0v) is 9.34. The molecule has 0 bridgehead atoms. The van der Waals surface area contributed by atoms with E-state index in [0.717, 1.165) is 25.9 Å². The number of hydrogen-bond donors (Lipinski definition) is 1. The van der Waals surface area contributed by atoms with Gasteiger partial charge in [0, 0.05) is 6.54 Å². The highest BCUT2D eigenvalue weighted by atomic mass is 15.0. The molecule has 0 amide bonds. The molecule has 0 aliphatic rings. The van der Waals surface area contributed by atoms with Crippen LogP contribution in [0.5, 0.6) is 0 Å². The van der Waals surface area contributed by atoms with Crippen LogP contribution in [0.3, 0.4) is 0 Å². The lowest BCUT2D eigenvalue weighted by Crippen LogP contribution is -2.03. The second kappa shape index (κ2) is 5.47. The molecule has 2 N–H and O–H groups in total. The van der Waals surface area contributed by atoms with Crippen LogP contribution < -0.4 is 5.73 Å².